The van der Waals surface area contributed by atoms with Crippen LogP contribution in [0.1, 0.15) is 31.2 Å². The Morgan fingerprint density at radius 3 is 2.18 bits per heavy atom. The van der Waals surface area contributed by atoms with E-state index in [1.807, 2.05) is 18.5 Å². The number of rotatable bonds is 2. The van der Waals surface area contributed by atoms with Gasteiger partial charge in [0.25, 0.3) is 0 Å². The third-order valence-corrected chi connectivity index (χ3v) is 4.01. The normalized spacial score (nSPS) is 11.2. The summed E-state index contributed by atoms with van der Waals surface area (Å²) in [7, 11) is 2.01. The van der Waals surface area contributed by atoms with E-state index < -0.39 is 0 Å². The van der Waals surface area contributed by atoms with Crippen molar-refractivity contribution >= 4 is 15.9 Å². The number of benzene rings is 1. The van der Waals surface area contributed by atoms with Crippen LogP contribution >= 0.6 is 15.9 Å². The summed E-state index contributed by atoms with van der Waals surface area (Å²) in [5, 5.41) is 0. The highest BCUT2D eigenvalue weighted by atomic mass is 79.9. The Morgan fingerprint density at radius 1 is 1.18 bits per heavy atom. The summed E-state index contributed by atoms with van der Waals surface area (Å²) in [4.78, 5) is 4.57. The van der Waals surface area contributed by atoms with Crippen LogP contribution in [0.4, 0.5) is 0 Å². The van der Waals surface area contributed by atoms with E-state index in [4.69, 9.17) is 0 Å². The molecule has 1 aromatic carbocycles. The molecule has 0 radical (unpaired) electrons. The summed E-state index contributed by atoms with van der Waals surface area (Å²) in [6.45, 7) is 6.42. The summed E-state index contributed by atoms with van der Waals surface area (Å²) in [6, 6.07) is 8.64. The van der Waals surface area contributed by atoms with Gasteiger partial charge in [-0.2, -0.15) is 0 Å². The Balaban J connectivity index is 2.43. The van der Waals surface area contributed by atoms with Crippen LogP contribution in [-0.2, 0) is 7.05 Å². The van der Waals surface area contributed by atoms with Crippen molar-refractivity contribution in [2.75, 3.05) is 0 Å². The van der Waals surface area contributed by atoms with E-state index in [0.717, 1.165) is 21.7 Å². The highest BCUT2D eigenvalue weighted by molar-refractivity contribution is 9.10. The van der Waals surface area contributed by atoms with Crippen LogP contribution in [0.5, 0.6) is 0 Å². The van der Waals surface area contributed by atoms with Crippen LogP contribution in [0, 0.1) is 6.92 Å². The van der Waals surface area contributed by atoms with E-state index in [2.05, 4.69) is 59.0 Å². The molecule has 0 unspecified atom stereocenters. The quantitative estimate of drug-likeness (QED) is 0.808. The van der Waals surface area contributed by atoms with Gasteiger partial charge in [-0.15, -0.1) is 0 Å². The molecule has 3 heteroatoms. The van der Waals surface area contributed by atoms with Crippen LogP contribution in [0.2, 0.25) is 0 Å². The molecule has 0 fully saturated rings. The number of imidazole rings is 1. The van der Waals surface area contributed by atoms with E-state index in [1.54, 1.807) is 0 Å². The Bertz CT molecular complexity index is 524. The average Bonchev–Trinajstić information content (AvgIpc) is 2.57. The van der Waals surface area contributed by atoms with Gasteiger partial charge in [-0.25, -0.2) is 4.98 Å². The Morgan fingerprint density at radius 2 is 1.76 bits per heavy atom. The number of hydrogen-bond acceptors (Lipinski definition) is 1. The molecule has 0 aliphatic heterocycles. The molecule has 0 aliphatic rings. The zero-order valence-electron chi connectivity index (χ0n) is 10.7. The van der Waals surface area contributed by atoms with Crippen LogP contribution in [0.25, 0.3) is 11.3 Å². The number of aromatic nitrogens is 2. The lowest BCUT2D eigenvalue weighted by Crippen LogP contribution is -1.90. The number of nitrogens with zero attached hydrogens (tertiary/aromatic N) is 2. The van der Waals surface area contributed by atoms with Crippen molar-refractivity contribution in [1.82, 2.24) is 9.55 Å². The van der Waals surface area contributed by atoms with Gasteiger partial charge in [0.05, 0.1) is 0 Å². The zero-order chi connectivity index (χ0) is 12.6. The zero-order valence-corrected chi connectivity index (χ0v) is 12.2. The fourth-order valence-corrected chi connectivity index (χ4v) is 2.37. The molecule has 0 N–H and O–H groups in total. The maximum absolute atomic E-state index is 4.57. The molecule has 1 aromatic heterocycles. The molecule has 0 spiro atoms. The molecule has 0 saturated heterocycles. The highest BCUT2D eigenvalue weighted by Gasteiger charge is 2.11. The van der Waals surface area contributed by atoms with Gasteiger partial charge < -0.3 is 4.57 Å². The Hall–Kier alpha value is -1.09. The second kappa shape index (κ2) is 4.65. The lowest BCUT2D eigenvalue weighted by Gasteiger charge is -2.06. The van der Waals surface area contributed by atoms with Gasteiger partial charge in [-0.05, 0) is 34.3 Å². The van der Waals surface area contributed by atoms with Gasteiger partial charge >= 0.3 is 0 Å². The predicted octanol–water partition coefficient (Wildman–Crippen LogP) is 4.28. The first-order chi connectivity index (χ1) is 8.00. The molecule has 17 heavy (non-hydrogen) atoms. The van der Waals surface area contributed by atoms with E-state index >= 15 is 0 Å². The second-order valence-corrected chi connectivity index (χ2v) is 5.39. The second-order valence-electron chi connectivity index (χ2n) is 4.63. The van der Waals surface area contributed by atoms with Crippen LogP contribution < -0.4 is 0 Å². The maximum atomic E-state index is 4.57. The molecule has 0 atom stereocenters. The molecule has 0 saturated carbocycles. The van der Waals surface area contributed by atoms with Gasteiger partial charge in [0, 0.05) is 12.6 Å². The van der Waals surface area contributed by atoms with Gasteiger partial charge in [0.15, 0.2) is 0 Å². The van der Waals surface area contributed by atoms with E-state index in [1.165, 1.54) is 5.56 Å². The average molecular weight is 293 g/mol. The minimum absolute atomic E-state index is 0.568. The first kappa shape index (κ1) is 12.4. The molecule has 0 amide bonds. The third-order valence-electron chi connectivity index (χ3n) is 3.10. The lowest BCUT2D eigenvalue weighted by atomic mass is 10.0. The topological polar surface area (TPSA) is 17.8 Å². The first-order valence-electron chi connectivity index (χ1n) is 5.80. The summed E-state index contributed by atoms with van der Waals surface area (Å²) < 4.78 is 3.08. The standard InChI is InChI=1S/C14H17BrN2/c1-9(2)11-5-7-12(8-6-11)13-14(15)17(4)10(3)16-13/h5-9H,1-4H3. The smallest absolute Gasteiger partial charge is 0.112 e. The van der Waals surface area contributed by atoms with Crippen LogP contribution in [0.3, 0.4) is 0 Å². The molecule has 90 valence electrons. The molecule has 0 aliphatic carbocycles. The van der Waals surface area contributed by atoms with Crippen molar-refractivity contribution in [3.05, 3.63) is 40.3 Å². The molecule has 1 heterocycles. The van der Waals surface area contributed by atoms with Gasteiger partial charge in [0.2, 0.25) is 0 Å². The highest BCUT2D eigenvalue weighted by Crippen LogP contribution is 2.28. The summed E-state index contributed by atoms with van der Waals surface area (Å²) in [5.41, 5.74) is 3.53. The summed E-state index contributed by atoms with van der Waals surface area (Å²) in [5.74, 6) is 1.58. The van der Waals surface area contributed by atoms with Crippen molar-refractivity contribution in [2.45, 2.75) is 26.7 Å². The fourth-order valence-electron chi connectivity index (χ4n) is 1.79. The lowest BCUT2D eigenvalue weighted by molar-refractivity contribution is 0.840. The largest absolute Gasteiger partial charge is 0.326 e. The number of hydrogen-bond donors (Lipinski definition) is 0. The van der Waals surface area contributed by atoms with E-state index in [9.17, 15) is 0 Å². The molecular weight excluding hydrogens is 276 g/mol. The maximum Gasteiger partial charge on any atom is 0.112 e. The van der Waals surface area contributed by atoms with Gasteiger partial charge in [-0.3, -0.25) is 0 Å². The van der Waals surface area contributed by atoms with Crippen molar-refractivity contribution in [3.63, 3.8) is 0 Å². The molecule has 0 bridgehead atoms. The molecule has 2 nitrogen and oxygen atoms in total. The predicted molar refractivity (Wildman–Crippen MR) is 75.2 cm³/mol. The Kier molecular flexibility index (Phi) is 3.38. The van der Waals surface area contributed by atoms with E-state index in [0.29, 0.717) is 5.92 Å². The van der Waals surface area contributed by atoms with Crippen molar-refractivity contribution < 1.29 is 0 Å². The van der Waals surface area contributed by atoms with Gasteiger partial charge in [0.1, 0.15) is 16.1 Å². The summed E-state index contributed by atoms with van der Waals surface area (Å²) >= 11 is 3.59. The fraction of sp³-hybridized carbons (Fsp3) is 0.357. The SMILES string of the molecule is Cc1nc(-c2ccc(C(C)C)cc2)c(Br)n1C. The third kappa shape index (κ3) is 2.29. The minimum Gasteiger partial charge on any atom is -0.326 e. The van der Waals surface area contributed by atoms with Crippen LogP contribution in [0.15, 0.2) is 28.9 Å². The number of halogens is 1. The Labute approximate surface area is 111 Å². The van der Waals surface area contributed by atoms with Crippen molar-refractivity contribution in [1.29, 1.82) is 0 Å². The van der Waals surface area contributed by atoms with Crippen molar-refractivity contribution in [2.24, 2.45) is 7.05 Å². The molecule has 2 aromatic rings. The minimum atomic E-state index is 0.568. The van der Waals surface area contributed by atoms with Gasteiger partial charge in [-0.1, -0.05) is 38.1 Å². The molecule has 2 rings (SSSR count). The van der Waals surface area contributed by atoms with Crippen LogP contribution in [-0.4, -0.2) is 9.55 Å². The molecular formula is C14H17BrN2. The first-order valence-corrected chi connectivity index (χ1v) is 6.59. The monoisotopic (exact) mass is 292 g/mol. The number of aryl methyl sites for hydroxylation is 1. The van der Waals surface area contributed by atoms with E-state index in [-0.39, 0.29) is 0 Å². The van der Waals surface area contributed by atoms with Crippen molar-refractivity contribution in [3.8, 4) is 11.3 Å². The summed E-state index contributed by atoms with van der Waals surface area (Å²) in [6.07, 6.45) is 0.